The van der Waals surface area contributed by atoms with E-state index in [-0.39, 0.29) is 11.0 Å². The molecule has 0 aliphatic heterocycles. The van der Waals surface area contributed by atoms with Gasteiger partial charge in [0.25, 0.3) is 0 Å². The van der Waals surface area contributed by atoms with Crippen LogP contribution >= 0.6 is 12.2 Å². The van der Waals surface area contributed by atoms with Crippen molar-refractivity contribution < 1.29 is 14.3 Å². The van der Waals surface area contributed by atoms with Gasteiger partial charge >= 0.3 is 0 Å². The zero-order valence-electron chi connectivity index (χ0n) is 13.5. The van der Waals surface area contributed by atoms with Crippen LogP contribution in [-0.2, 0) is 4.79 Å². The zero-order valence-corrected chi connectivity index (χ0v) is 14.3. The number of anilines is 1. The number of nitrogens with one attached hydrogen (secondary N) is 2. The monoisotopic (exact) mass is 344 g/mol. The quantitative estimate of drug-likeness (QED) is 0.596. The van der Waals surface area contributed by atoms with Gasteiger partial charge in [-0.25, -0.2) is 0 Å². The van der Waals surface area contributed by atoms with Crippen LogP contribution in [0.25, 0.3) is 0 Å². The van der Waals surface area contributed by atoms with Gasteiger partial charge in [-0.05, 0) is 48.6 Å². The Kier molecular flexibility index (Phi) is 7.04. The van der Waals surface area contributed by atoms with E-state index < -0.39 is 0 Å². The highest BCUT2D eigenvalue weighted by molar-refractivity contribution is 7.80. The van der Waals surface area contributed by atoms with Crippen molar-refractivity contribution in [2.45, 2.75) is 13.3 Å². The third kappa shape index (κ3) is 6.26. The highest BCUT2D eigenvalue weighted by Gasteiger charge is 2.02. The summed E-state index contributed by atoms with van der Waals surface area (Å²) >= 11 is 5.05. The molecule has 0 atom stereocenters. The summed E-state index contributed by atoms with van der Waals surface area (Å²) in [7, 11) is 0. The first-order valence-corrected chi connectivity index (χ1v) is 8.09. The lowest BCUT2D eigenvalue weighted by Crippen LogP contribution is -2.33. The van der Waals surface area contributed by atoms with Crippen molar-refractivity contribution in [3.05, 3.63) is 54.6 Å². The molecule has 0 aliphatic rings. The average molecular weight is 344 g/mol. The smallest absolute Gasteiger partial charge is 0.225 e. The first kappa shape index (κ1) is 17.7. The molecular formula is C18H20N2O3S. The van der Waals surface area contributed by atoms with Gasteiger partial charge in [0, 0.05) is 12.1 Å². The second-order valence-corrected chi connectivity index (χ2v) is 5.30. The molecule has 6 heteroatoms. The molecular weight excluding hydrogens is 324 g/mol. The van der Waals surface area contributed by atoms with Crippen molar-refractivity contribution in [1.29, 1.82) is 0 Å². The van der Waals surface area contributed by atoms with Crippen molar-refractivity contribution >= 4 is 28.9 Å². The maximum absolute atomic E-state index is 11.2. The van der Waals surface area contributed by atoms with Gasteiger partial charge in [-0.15, -0.1) is 0 Å². The number of carbonyl (C=O) groups excluding carboxylic acids is 1. The predicted octanol–water partition coefficient (Wildman–Crippen LogP) is 3.37. The number of para-hydroxylation sites is 1. The SMILES string of the molecule is CCC(=O)NC(=S)Nc1ccc(OCCOc2ccccc2)cc1. The van der Waals surface area contributed by atoms with Gasteiger partial charge in [0.05, 0.1) is 0 Å². The van der Waals surface area contributed by atoms with Crippen LogP contribution in [0.4, 0.5) is 5.69 Å². The number of hydrogen-bond donors (Lipinski definition) is 2. The Balaban J connectivity index is 1.71. The van der Waals surface area contributed by atoms with Gasteiger partial charge in [-0.1, -0.05) is 25.1 Å². The second kappa shape index (κ2) is 9.52. The van der Waals surface area contributed by atoms with Crippen molar-refractivity contribution in [3.8, 4) is 11.5 Å². The summed E-state index contributed by atoms with van der Waals surface area (Å²) in [5.74, 6) is 1.44. The van der Waals surface area contributed by atoms with Crippen molar-refractivity contribution in [2.75, 3.05) is 18.5 Å². The Bertz CT molecular complexity index is 660. The first-order valence-electron chi connectivity index (χ1n) is 7.69. The maximum atomic E-state index is 11.2. The Morgan fingerprint density at radius 3 is 2.12 bits per heavy atom. The summed E-state index contributed by atoms with van der Waals surface area (Å²) in [5, 5.41) is 5.81. The molecule has 0 unspecified atom stereocenters. The third-order valence-corrected chi connectivity index (χ3v) is 3.25. The van der Waals surface area contributed by atoms with E-state index in [9.17, 15) is 4.79 Å². The Hall–Kier alpha value is -2.60. The fourth-order valence-electron chi connectivity index (χ4n) is 1.85. The number of amides is 1. The maximum Gasteiger partial charge on any atom is 0.225 e. The van der Waals surface area contributed by atoms with Crippen LogP contribution in [0.3, 0.4) is 0 Å². The van der Waals surface area contributed by atoms with Crippen molar-refractivity contribution in [2.24, 2.45) is 0 Å². The minimum absolute atomic E-state index is 0.120. The van der Waals surface area contributed by atoms with Gasteiger partial charge < -0.3 is 20.1 Å². The molecule has 0 aliphatic carbocycles. The van der Waals surface area contributed by atoms with E-state index in [4.69, 9.17) is 21.7 Å². The average Bonchev–Trinajstić information content (AvgIpc) is 2.61. The van der Waals surface area contributed by atoms with Crippen molar-refractivity contribution in [3.63, 3.8) is 0 Å². The van der Waals surface area contributed by atoms with Crippen LogP contribution in [0.1, 0.15) is 13.3 Å². The third-order valence-electron chi connectivity index (χ3n) is 3.05. The number of benzene rings is 2. The molecule has 0 heterocycles. The summed E-state index contributed by atoms with van der Waals surface area (Å²) in [6.45, 7) is 2.69. The van der Waals surface area contributed by atoms with E-state index in [0.29, 0.717) is 19.6 Å². The van der Waals surface area contributed by atoms with Gasteiger partial charge in [-0.2, -0.15) is 0 Å². The van der Waals surface area contributed by atoms with Gasteiger partial charge in [0.15, 0.2) is 5.11 Å². The number of carbonyl (C=O) groups is 1. The summed E-state index contributed by atoms with van der Waals surface area (Å²) in [6.07, 6.45) is 0.389. The highest BCUT2D eigenvalue weighted by atomic mass is 32.1. The van der Waals surface area contributed by atoms with E-state index in [2.05, 4.69) is 10.6 Å². The van der Waals surface area contributed by atoms with Gasteiger partial charge in [0.2, 0.25) is 5.91 Å². The number of rotatable bonds is 7. The molecule has 0 spiro atoms. The molecule has 126 valence electrons. The van der Waals surface area contributed by atoms with Crippen LogP contribution in [0.2, 0.25) is 0 Å². The topological polar surface area (TPSA) is 59.6 Å². The normalized spacial score (nSPS) is 9.88. The van der Waals surface area contributed by atoms with Crippen LogP contribution in [0.5, 0.6) is 11.5 Å². The molecule has 0 bridgehead atoms. The molecule has 0 fully saturated rings. The molecule has 0 aromatic heterocycles. The van der Waals surface area contributed by atoms with E-state index in [1.54, 1.807) is 6.92 Å². The van der Waals surface area contributed by atoms with E-state index in [1.807, 2.05) is 54.6 Å². The Morgan fingerprint density at radius 2 is 1.54 bits per heavy atom. The van der Waals surface area contributed by atoms with Crippen LogP contribution in [0.15, 0.2) is 54.6 Å². The molecule has 0 saturated heterocycles. The van der Waals surface area contributed by atoms with Crippen LogP contribution in [-0.4, -0.2) is 24.2 Å². The largest absolute Gasteiger partial charge is 0.490 e. The standard InChI is InChI=1S/C18H20N2O3S/c1-2-17(21)20-18(24)19-14-8-10-16(11-9-14)23-13-12-22-15-6-4-3-5-7-15/h3-11H,2,12-13H2,1H3,(H2,19,20,21,24). The van der Waals surface area contributed by atoms with Crippen LogP contribution < -0.4 is 20.1 Å². The molecule has 2 rings (SSSR count). The van der Waals surface area contributed by atoms with Crippen molar-refractivity contribution in [1.82, 2.24) is 5.32 Å². The molecule has 1 amide bonds. The fraction of sp³-hybridized carbons (Fsp3) is 0.222. The summed E-state index contributed by atoms with van der Waals surface area (Å²) < 4.78 is 11.2. The zero-order chi connectivity index (χ0) is 17.2. The molecule has 0 radical (unpaired) electrons. The first-order chi connectivity index (χ1) is 11.7. The Morgan fingerprint density at radius 1 is 0.958 bits per heavy atom. The van der Waals surface area contributed by atoms with E-state index in [1.165, 1.54) is 0 Å². The fourth-order valence-corrected chi connectivity index (χ4v) is 2.08. The molecule has 2 aromatic carbocycles. The molecule has 2 N–H and O–H groups in total. The number of hydrogen-bond acceptors (Lipinski definition) is 4. The Labute approximate surface area is 147 Å². The summed E-state index contributed by atoms with van der Waals surface area (Å²) in [4.78, 5) is 11.2. The van der Waals surface area contributed by atoms with E-state index >= 15 is 0 Å². The lowest BCUT2D eigenvalue weighted by molar-refractivity contribution is -0.119. The van der Waals surface area contributed by atoms with Crippen LogP contribution in [0, 0.1) is 0 Å². The van der Waals surface area contributed by atoms with E-state index in [0.717, 1.165) is 17.2 Å². The molecule has 0 saturated carbocycles. The molecule has 24 heavy (non-hydrogen) atoms. The highest BCUT2D eigenvalue weighted by Crippen LogP contribution is 2.16. The second-order valence-electron chi connectivity index (χ2n) is 4.89. The lowest BCUT2D eigenvalue weighted by Gasteiger charge is -2.11. The number of thiocarbonyl (C=S) groups is 1. The summed E-state index contributed by atoms with van der Waals surface area (Å²) in [6, 6.07) is 16.9. The summed E-state index contributed by atoms with van der Waals surface area (Å²) in [5.41, 5.74) is 0.782. The van der Waals surface area contributed by atoms with Gasteiger partial charge in [0.1, 0.15) is 24.7 Å². The van der Waals surface area contributed by atoms with Gasteiger partial charge in [-0.3, -0.25) is 4.79 Å². The predicted molar refractivity (Wildman–Crippen MR) is 98.5 cm³/mol. The lowest BCUT2D eigenvalue weighted by atomic mass is 10.3. The minimum Gasteiger partial charge on any atom is -0.490 e. The number of ether oxygens (including phenoxy) is 2. The minimum atomic E-state index is -0.120. The molecule has 5 nitrogen and oxygen atoms in total. The molecule has 2 aromatic rings.